The molecule has 2 aromatic rings. The van der Waals surface area contributed by atoms with Gasteiger partial charge in [-0.1, -0.05) is 0 Å². The van der Waals surface area contributed by atoms with Crippen molar-refractivity contribution in [2.24, 2.45) is 0 Å². The van der Waals surface area contributed by atoms with Crippen molar-refractivity contribution in [3.8, 4) is 0 Å². The molecule has 2 N–H and O–H groups in total. The fourth-order valence-corrected chi connectivity index (χ4v) is 2.58. The van der Waals surface area contributed by atoms with Crippen LogP contribution in [-0.4, -0.2) is 22.0 Å². The van der Waals surface area contributed by atoms with E-state index in [0.717, 1.165) is 12.2 Å². The van der Waals surface area contributed by atoms with Gasteiger partial charge in [0.2, 0.25) is 5.95 Å². The van der Waals surface area contributed by atoms with E-state index in [0.29, 0.717) is 16.4 Å². The molecular formula is C10H12BrN5S. The third kappa shape index (κ3) is 2.92. The maximum atomic E-state index is 5.68. The molecule has 0 bridgehead atoms. The topological polar surface area (TPSA) is 67.9 Å². The summed E-state index contributed by atoms with van der Waals surface area (Å²) in [6.07, 6.45) is 0. The predicted octanol–water partition coefficient (Wildman–Crippen LogP) is 2.22. The molecule has 0 saturated carbocycles. The number of nitrogens with two attached hydrogens (primary N) is 1. The molecule has 0 fully saturated rings. The van der Waals surface area contributed by atoms with Gasteiger partial charge in [-0.2, -0.15) is 4.98 Å². The number of aromatic nitrogens is 3. The molecule has 0 aromatic carbocycles. The Labute approximate surface area is 112 Å². The van der Waals surface area contributed by atoms with Gasteiger partial charge in [0.05, 0.1) is 17.7 Å². The Kier molecular flexibility index (Phi) is 3.58. The number of nitrogens with zero attached hydrogens (tertiary/aromatic N) is 4. The predicted molar refractivity (Wildman–Crippen MR) is 73.1 cm³/mol. The zero-order valence-electron chi connectivity index (χ0n) is 9.51. The Hall–Kier alpha value is -1.21. The lowest BCUT2D eigenvalue weighted by atomic mass is 10.4. The average molecular weight is 314 g/mol. The number of rotatable bonds is 3. The Morgan fingerprint density at radius 2 is 2.24 bits per heavy atom. The number of halogens is 1. The first-order chi connectivity index (χ1) is 8.06. The van der Waals surface area contributed by atoms with Crippen LogP contribution < -0.4 is 10.6 Å². The van der Waals surface area contributed by atoms with Crippen LogP contribution in [0.4, 0.5) is 11.8 Å². The van der Waals surface area contributed by atoms with Crippen molar-refractivity contribution in [2.45, 2.75) is 13.5 Å². The molecule has 7 heteroatoms. The Balaban J connectivity index is 2.20. The largest absolute Gasteiger partial charge is 0.383 e. The van der Waals surface area contributed by atoms with E-state index in [-0.39, 0.29) is 0 Å². The van der Waals surface area contributed by atoms with E-state index in [2.05, 4.69) is 30.9 Å². The highest BCUT2D eigenvalue weighted by Gasteiger charge is 2.10. The van der Waals surface area contributed by atoms with Gasteiger partial charge in [-0.15, -0.1) is 11.3 Å². The number of anilines is 2. The number of hydrogen-bond donors (Lipinski definition) is 1. The zero-order valence-corrected chi connectivity index (χ0v) is 11.9. The van der Waals surface area contributed by atoms with Crippen molar-refractivity contribution in [1.82, 2.24) is 15.0 Å². The molecular weight excluding hydrogens is 302 g/mol. The van der Waals surface area contributed by atoms with Crippen LogP contribution >= 0.6 is 27.3 Å². The Bertz CT molecular complexity index is 507. The quantitative estimate of drug-likeness (QED) is 0.880. The summed E-state index contributed by atoms with van der Waals surface area (Å²) in [5.74, 6) is 1.06. The van der Waals surface area contributed by atoms with E-state index in [4.69, 9.17) is 5.73 Å². The summed E-state index contributed by atoms with van der Waals surface area (Å²) in [7, 11) is 1.93. The standard InChI is InChI=1S/C10H12BrN5S/c1-6-7(17-5-13-6)4-16(2)10-14-8(11)3-9(12)15-10/h3,5H,4H2,1-2H3,(H2,12,14,15). The molecule has 0 spiro atoms. The molecule has 2 rings (SSSR count). The number of nitrogen functional groups attached to an aromatic ring is 1. The van der Waals surface area contributed by atoms with Crippen LogP contribution in [0.2, 0.25) is 0 Å². The summed E-state index contributed by atoms with van der Waals surface area (Å²) in [6, 6.07) is 1.68. The maximum absolute atomic E-state index is 5.68. The van der Waals surface area contributed by atoms with Gasteiger partial charge in [-0.05, 0) is 22.9 Å². The highest BCUT2D eigenvalue weighted by Crippen LogP contribution is 2.19. The average Bonchev–Trinajstić information content (AvgIpc) is 2.63. The van der Waals surface area contributed by atoms with Crippen LogP contribution in [0.15, 0.2) is 16.2 Å². The molecule has 0 atom stereocenters. The van der Waals surface area contributed by atoms with Gasteiger partial charge < -0.3 is 10.6 Å². The van der Waals surface area contributed by atoms with Crippen LogP contribution in [-0.2, 0) is 6.54 Å². The van der Waals surface area contributed by atoms with Gasteiger partial charge >= 0.3 is 0 Å². The smallest absolute Gasteiger partial charge is 0.228 e. The SMILES string of the molecule is Cc1ncsc1CN(C)c1nc(N)cc(Br)n1. The first-order valence-electron chi connectivity index (χ1n) is 4.96. The first kappa shape index (κ1) is 12.3. The van der Waals surface area contributed by atoms with Crippen LogP contribution in [0.1, 0.15) is 10.6 Å². The van der Waals surface area contributed by atoms with E-state index >= 15 is 0 Å². The first-order valence-corrected chi connectivity index (χ1v) is 6.63. The summed E-state index contributed by atoms with van der Waals surface area (Å²) in [6.45, 7) is 2.72. The molecule has 0 unspecified atom stereocenters. The van der Waals surface area contributed by atoms with E-state index in [1.54, 1.807) is 17.4 Å². The maximum Gasteiger partial charge on any atom is 0.228 e. The minimum atomic E-state index is 0.453. The molecule has 0 aliphatic carbocycles. The van der Waals surface area contributed by atoms with Crippen LogP contribution in [0.5, 0.6) is 0 Å². The molecule has 0 aliphatic rings. The normalized spacial score (nSPS) is 10.5. The Morgan fingerprint density at radius 3 is 2.82 bits per heavy atom. The minimum Gasteiger partial charge on any atom is -0.383 e. The van der Waals surface area contributed by atoms with Gasteiger partial charge in [0.15, 0.2) is 0 Å². The number of aryl methyl sites for hydroxylation is 1. The van der Waals surface area contributed by atoms with Crippen LogP contribution in [0.25, 0.3) is 0 Å². The van der Waals surface area contributed by atoms with Crippen molar-refractivity contribution < 1.29 is 0 Å². The van der Waals surface area contributed by atoms with Gasteiger partial charge in [0.1, 0.15) is 10.4 Å². The molecule has 17 heavy (non-hydrogen) atoms. The summed E-state index contributed by atoms with van der Waals surface area (Å²) < 4.78 is 0.688. The highest BCUT2D eigenvalue weighted by atomic mass is 79.9. The summed E-state index contributed by atoms with van der Waals surface area (Å²) in [4.78, 5) is 15.8. The molecule has 0 amide bonds. The molecule has 5 nitrogen and oxygen atoms in total. The van der Waals surface area contributed by atoms with Gasteiger partial charge in [-0.3, -0.25) is 0 Å². The third-order valence-corrected chi connectivity index (χ3v) is 3.60. The van der Waals surface area contributed by atoms with Crippen molar-refractivity contribution in [3.63, 3.8) is 0 Å². The van der Waals surface area contributed by atoms with Gasteiger partial charge in [-0.25, -0.2) is 9.97 Å². The fraction of sp³-hybridized carbons (Fsp3) is 0.300. The van der Waals surface area contributed by atoms with E-state index in [9.17, 15) is 0 Å². The third-order valence-electron chi connectivity index (χ3n) is 2.27. The molecule has 0 saturated heterocycles. The van der Waals surface area contributed by atoms with Crippen molar-refractivity contribution in [3.05, 3.63) is 26.8 Å². The number of thiazole rings is 1. The van der Waals surface area contributed by atoms with Crippen LogP contribution in [0, 0.1) is 6.92 Å². The second-order valence-corrected chi connectivity index (χ2v) is 5.38. The van der Waals surface area contributed by atoms with E-state index in [1.165, 1.54) is 4.88 Å². The lowest BCUT2D eigenvalue weighted by Crippen LogP contribution is -2.19. The highest BCUT2D eigenvalue weighted by molar-refractivity contribution is 9.10. The minimum absolute atomic E-state index is 0.453. The molecule has 2 aromatic heterocycles. The van der Waals surface area contributed by atoms with E-state index in [1.807, 2.05) is 24.4 Å². The monoisotopic (exact) mass is 313 g/mol. The lowest BCUT2D eigenvalue weighted by Gasteiger charge is -2.16. The molecule has 0 aliphatic heterocycles. The molecule has 2 heterocycles. The zero-order chi connectivity index (χ0) is 12.4. The second-order valence-electron chi connectivity index (χ2n) is 3.63. The van der Waals surface area contributed by atoms with Crippen molar-refractivity contribution in [2.75, 3.05) is 17.7 Å². The molecule has 0 radical (unpaired) electrons. The number of hydrogen-bond acceptors (Lipinski definition) is 6. The Morgan fingerprint density at radius 1 is 1.47 bits per heavy atom. The summed E-state index contributed by atoms with van der Waals surface area (Å²) in [5.41, 5.74) is 8.57. The van der Waals surface area contributed by atoms with Crippen molar-refractivity contribution >= 4 is 39.0 Å². The lowest BCUT2D eigenvalue weighted by molar-refractivity contribution is 0.868. The summed E-state index contributed by atoms with van der Waals surface area (Å²) >= 11 is 4.94. The van der Waals surface area contributed by atoms with E-state index < -0.39 is 0 Å². The van der Waals surface area contributed by atoms with Crippen molar-refractivity contribution in [1.29, 1.82) is 0 Å². The van der Waals surface area contributed by atoms with Gasteiger partial charge in [0.25, 0.3) is 0 Å². The van der Waals surface area contributed by atoms with Crippen LogP contribution in [0.3, 0.4) is 0 Å². The fourth-order valence-electron chi connectivity index (χ4n) is 1.36. The molecule has 90 valence electrons. The van der Waals surface area contributed by atoms with Gasteiger partial charge in [0, 0.05) is 18.0 Å². The summed E-state index contributed by atoms with van der Waals surface area (Å²) in [5, 5.41) is 0. The second kappa shape index (κ2) is 4.97.